The number of pyridine rings is 1. The summed E-state index contributed by atoms with van der Waals surface area (Å²) in [6.07, 6.45) is 1.90. The first-order chi connectivity index (χ1) is 8.90. The summed E-state index contributed by atoms with van der Waals surface area (Å²) in [6.45, 7) is 7.50. The number of nitrogens with zero attached hydrogens (tertiary/aromatic N) is 3. The zero-order valence-electron chi connectivity index (χ0n) is 12.3. The van der Waals surface area contributed by atoms with E-state index in [4.69, 9.17) is 0 Å². The third-order valence-corrected chi connectivity index (χ3v) is 4.15. The molecule has 0 fully saturated rings. The molecule has 0 amide bonds. The van der Waals surface area contributed by atoms with E-state index in [1.54, 1.807) is 11.3 Å². The zero-order chi connectivity index (χ0) is 14.0. The van der Waals surface area contributed by atoms with Gasteiger partial charge in [-0.15, -0.1) is 11.3 Å². The summed E-state index contributed by atoms with van der Waals surface area (Å²) in [4.78, 5) is 12.3. The molecule has 0 atom stereocenters. The summed E-state index contributed by atoms with van der Waals surface area (Å²) in [5.74, 6) is 0. The number of aryl methyl sites for hydroxylation is 1. The Morgan fingerprint density at radius 1 is 1.26 bits per heavy atom. The summed E-state index contributed by atoms with van der Waals surface area (Å²) >= 11 is 1.69. The molecule has 0 aliphatic rings. The molecule has 0 bridgehead atoms. The van der Waals surface area contributed by atoms with Gasteiger partial charge in [0.2, 0.25) is 0 Å². The van der Waals surface area contributed by atoms with Crippen LogP contribution in [0, 0.1) is 6.92 Å². The topological polar surface area (TPSA) is 29.0 Å². The van der Waals surface area contributed by atoms with Crippen molar-refractivity contribution < 1.29 is 0 Å². The van der Waals surface area contributed by atoms with Crippen LogP contribution in [0.3, 0.4) is 0 Å². The van der Waals surface area contributed by atoms with Crippen molar-refractivity contribution in [3.05, 3.63) is 35.2 Å². The van der Waals surface area contributed by atoms with Crippen LogP contribution in [0.15, 0.2) is 23.8 Å². The fourth-order valence-corrected chi connectivity index (χ4v) is 3.19. The summed E-state index contributed by atoms with van der Waals surface area (Å²) in [6, 6.07) is 4.26. The van der Waals surface area contributed by atoms with Crippen LogP contribution < -0.4 is 0 Å². The van der Waals surface area contributed by atoms with Crippen molar-refractivity contribution in [3.63, 3.8) is 0 Å². The smallest absolute Gasteiger partial charge is 0.0801 e. The lowest BCUT2D eigenvalue weighted by atomic mass is 9.87. The fourth-order valence-electron chi connectivity index (χ4n) is 2.39. The van der Waals surface area contributed by atoms with Crippen LogP contribution in [0.1, 0.15) is 25.2 Å². The molecular formula is C15H21N3S. The standard InChI is InChI=1S/C15H21N3S/c1-11-14(19-10-17-11)12-6-7-16-13(8-12)15(2,3)9-18(4)5/h6-8,10H,9H2,1-5H3. The first kappa shape index (κ1) is 14.2. The van der Waals surface area contributed by atoms with Crippen LogP contribution in [0.5, 0.6) is 0 Å². The van der Waals surface area contributed by atoms with Crippen molar-refractivity contribution in [1.29, 1.82) is 0 Å². The number of rotatable bonds is 4. The molecule has 2 rings (SSSR count). The van der Waals surface area contributed by atoms with E-state index >= 15 is 0 Å². The Kier molecular flexibility index (Phi) is 4.02. The van der Waals surface area contributed by atoms with Crippen LogP contribution in [-0.4, -0.2) is 35.5 Å². The number of hydrogen-bond acceptors (Lipinski definition) is 4. The maximum absolute atomic E-state index is 4.56. The van der Waals surface area contributed by atoms with Gasteiger partial charge >= 0.3 is 0 Å². The van der Waals surface area contributed by atoms with Crippen molar-refractivity contribution in [1.82, 2.24) is 14.9 Å². The number of hydrogen-bond donors (Lipinski definition) is 0. The van der Waals surface area contributed by atoms with Gasteiger partial charge in [-0.1, -0.05) is 13.8 Å². The molecule has 0 aliphatic carbocycles. The minimum Gasteiger partial charge on any atom is -0.308 e. The second-order valence-electron chi connectivity index (χ2n) is 5.82. The number of likely N-dealkylation sites (N-methyl/N-ethyl adjacent to an activating group) is 1. The number of aromatic nitrogens is 2. The van der Waals surface area contributed by atoms with Gasteiger partial charge in [0.1, 0.15) is 0 Å². The molecule has 0 N–H and O–H groups in total. The molecule has 0 aromatic carbocycles. The predicted octanol–water partition coefficient (Wildman–Crippen LogP) is 3.35. The summed E-state index contributed by atoms with van der Waals surface area (Å²) < 4.78 is 0. The summed E-state index contributed by atoms with van der Waals surface area (Å²) in [7, 11) is 4.19. The Balaban J connectivity index is 2.37. The van der Waals surface area contributed by atoms with Gasteiger partial charge in [0.25, 0.3) is 0 Å². The van der Waals surface area contributed by atoms with Crippen LogP contribution in [-0.2, 0) is 5.41 Å². The molecule has 2 aromatic rings. The van der Waals surface area contributed by atoms with Crippen LogP contribution in [0.2, 0.25) is 0 Å². The van der Waals surface area contributed by atoms with Gasteiger partial charge in [-0.2, -0.15) is 0 Å². The second-order valence-corrected chi connectivity index (χ2v) is 6.67. The molecule has 0 aliphatic heterocycles. The number of thiazole rings is 1. The SMILES string of the molecule is Cc1ncsc1-c1ccnc(C(C)(C)CN(C)C)c1. The van der Waals surface area contributed by atoms with E-state index in [9.17, 15) is 0 Å². The van der Waals surface area contributed by atoms with Gasteiger partial charge in [-0.05, 0) is 38.7 Å². The Hall–Kier alpha value is -1.26. The zero-order valence-corrected chi connectivity index (χ0v) is 13.1. The van der Waals surface area contributed by atoms with E-state index in [1.165, 1.54) is 10.4 Å². The molecule has 2 aromatic heterocycles. The lowest BCUT2D eigenvalue weighted by molar-refractivity contribution is 0.311. The Labute approximate surface area is 119 Å². The highest BCUT2D eigenvalue weighted by Crippen LogP contribution is 2.30. The molecule has 0 unspecified atom stereocenters. The first-order valence-corrected chi connectivity index (χ1v) is 7.30. The Morgan fingerprint density at radius 3 is 2.58 bits per heavy atom. The molecule has 0 saturated carbocycles. The van der Waals surface area contributed by atoms with Crippen LogP contribution in [0.4, 0.5) is 0 Å². The first-order valence-electron chi connectivity index (χ1n) is 6.42. The molecule has 2 heterocycles. The lowest BCUT2D eigenvalue weighted by Crippen LogP contribution is -2.32. The van der Waals surface area contributed by atoms with Crippen molar-refractivity contribution in [2.45, 2.75) is 26.2 Å². The van der Waals surface area contributed by atoms with E-state index in [0.717, 1.165) is 17.9 Å². The van der Waals surface area contributed by atoms with Crippen molar-refractivity contribution in [3.8, 4) is 10.4 Å². The van der Waals surface area contributed by atoms with Gasteiger partial charge in [0.05, 0.1) is 16.1 Å². The average Bonchev–Trinajstić information content (AvgIpc) is 2.74. The van der Waals surface area contributed by atoms with E-state index in [-0.39, 0.29) is 5.41 Å². The largest absolute Gasteiger partial charge is 0.308 e. The normalized spacial score (nSPS) is 12.1. The molecule has 3 nitrogen and oxygen atoms in total. The van der Waals surface area contributed by atoms with Crippen LogP contribution in [0.25, 0.3) is 10.4 Å². The van der Waals surface area contributed by atoms with Gasteiger partial charge in [-0.25, -0.2) is 4.98 Å². The van der Waals surface area contributed by atoms with Crippen LogP contribution >= 0.6 is 11.3 Å². The van der Waals surface area contributed by atoms with E-state index in [1.807, 2.05) is 11.7 Å². The predicted molar refractivity (Wildman–Crippen MR) is 81.7 cm³/mol. The minimum atomic E-state index is 0.0398. The third-order valence-electron chi connectivity index (χ3n) is 3.17. The maximum atomic E-state index is 4.56. The van der Waals surface area contributed by atoms with E-state index in [2.05, 4.69) is 61.9 Å². The average molecular weight is 275 g/mol. The Morgan fingerprint density at radius 2 is 2.00 bits per heavy atom. The van der Waals surface area contributed by atoms with Crippen molar-refractivity contribution in [2.24, 2.45) is 0 Å². The van der Waals surface area contributed by atoms with Gasteiger partial charge in [-0.3, -0.25) is 4.98 Å². The monoisotopic (exact) mass is 275 g/mol. The Bertz CT molecular complexity index is 558. The molecular weight excluding hydrogens is 254 g/mol. The van der Waals surface area contributed by atoms with E-state index in [0.29, 0.717) is 0 Å². The van der Waals surface area contributed by atoms with Gasteiger partial charge < -0.3 is 4.90 Å². The lowest BCUT2D eigenvalue weighted by Gasteiger charge is -2.28. The van der Waals surface area contributed by atoms with Crippen molar-refractivity contribution >= 4 is 11.3 Å². The molecule has 102 valence electrons. The molecule has 0 saturated heterocycles. The maximum Gasteiger partial charge on any atom is 0.0801 e. The summed E-state index contributed by atoms with van der Waals surface area (Å²) in [5, 5.41) is 0. The highest BCUT2D eigenvalue weighted by molar-refractivity contribution is 7.13. The molecule has 19 heavy (non-hydrogen) atoms. The van der Waals surface area contributed by atoms with Gasteiger partial charge in [0.15, 0.2) is 0 Å². The van der Waals surface area contributed by atoms with Crippen molar-refractivity contribution in [2.75, 3.05) is 20.6 Å². The third kappa shape index (κ3) is 3.19. The fraction of sp³-hybridized carbons (Fsp3) is 0.467. The summed E-state index contributed by atoms with van der Waals surface area (Å²) in [5.41, 5.74) is 5.38. The molecule has 0 radical (unpaired) electrons. The quantitative estimate of drug-likeness (QED) is 0.857. The second kappa shape index (κ2) is 5.39. The highest BCUT2D eigenvalue weighted by atomic mass is 32.1. The molecule has 4 heteroatoms. The minimum absolute atomic E-state index is 0.0398. The van der Waals surface area contributed by atoms with Gasteiger partial charge in [0, 0.05) is 23.9 Å². The van der Waals surface area contributed by atoms with E-state index < -0.39 is 0 Å². The molecule has 0 spiro atoms. The highest BCUT2D eigenvalue weighted by Gasteiger charge is 2.23.